The fourth-order valence-electron chi connectivity index (χ4n) is 0.913. The molecule has 0 radical (unpaired) electrons. The molecule has 80 valence electrons. The van der Waals surface area contributed by atoms with Crippen LogP contribution in [0.2, 0.25) is 0 Å². The quantitative estimate of drug-likeness (QED) is 0.755. The molecule has 1 N–H and O–H groups in total. The second-order valence-electron chi connectivity index (χ2n) is 3.04. The molecule has 0 spiro atoms. The molecular weight excluding hydrogens is 202 g/mol. The fraction of sp³-hybridized carbons (Fsp3) is 0.667. The van der Waals surface area contributed by atoms with E-state index in [1.807, 2.05) is 13.8 Å². The maximum Gasteiger partial charge on any atom is 0.256 e. The summed E-state index contributed by atoms with van der Waals surface area (Å²) in [6.45, 7) is 4.11. The Morgan fingerprint density at radius 3 is 2.79 bits per heavy atom. The molecule has 14 heavy (non-hydrogen) atoms. The van der Waals surface area contributed by atoms with Gasteiger partial charge in [0.1, 0.15) is 5.76 Å². The van der Waals surface area contributed by atoms with Gasteiger partial charge in [-0.2, -0.15) is 0 Å². The summed E-state index contributed by atoms with van der Waals surface area (Å²) in [5, 5.41) is 9.98. The van der Waals surface area contributed by atoms with Gasteiger partial charge in [-0.15, -0.1) is 0 Å². The zero-order chi connectivity index (χ0) is 10.6. The minimum atomic E-state index is -0.475. The minimum Gasteiger partial charge on any atom is -0.437 e. The van der Waals surface area contributed by atoms with Crippen molar-refractivity contribution >= 4 is 11.8 Å². The molecule has 0 amide bonds. The zero-order valence-corrected chi connectivity index (χ0v) is 9.43. The van der Waals surface area contributed by atoms with Crippen molar-refractivity contribution in [2.24, 2.45) is 0 Å². The minimum absolute atomic E-state index is 0.339. The van der Waals surface area contributed by atoms with Crippen LogP contribution in [0.25, 0.3) is 0 Å². The lowest BCUT2D eigenvalue weighted by Gasteiger charge is -2.05. The number of oxazole rings is 1. The number of rotatable bonds is 5. The first kappa shape index (κ1) is 11.6. The lowest BCUT2D eigenvalue weighted by Crippen LogP contribution is -2.16. The normalized spacial score (nSPS) is 13.1. The van der Waals surface area contributed by atoms with Crippen LogP contribution < -0.4 is 0 Å². The van der Waals surface area contributed by atoms with Crippen LogP contribution in [0.15, 0.2) is 9.64 Å². The first-order valence-corrected chi connectivity index (χ1v) is 5.36. The summed E-state index contributed by atoms with van der Waals surface area (Å²) in [6.07, 6.45) is -0.475. The fourth-order valence-corrected chi connectivity index (χ4v) is 1.73. The molecule has 1 heterocycles. The van der Waals surface area contributed by atoms with Crippen LogP contribution in [0.5, 0.6) is 0 Å². The van der Waals surface area contributed by atoms with Crippen molar-refractivity contribution in [1.82, 2.24) is 4.98 Å². The second-order valence-corrected chi connectivity index (χ2v) is 4.01. The van der Waals surface area contributed by atoms with Crippen molar-refractivity contribution in [3.05, 3.63) is 11.5 Å². The van der Waals surface area contributed by atoms with E-state index in [9.17, 15) is 5.11 Å². The molecule has 1 atom stereocenters. The predicted octanol–water partition coefficient (Wildman–Crippen LogP) is 1.39. The van der Waals surface area contributed by atoms with Crippen molar-refractivity contribution in [3.63, 3.8) is 0 Å². The van der Waals surface area contributed by atoms with E-state index in [-0.39, 0.29) is 0 Å². The lowest BCUT2D eigenvalue weighted by molar-refractivity contribution is 0.0793. The van der Waals surface area contributed by atoms with Crippen LogP contribution in [-0.2, 0) is 4.74 Å². The van der Waals surface area contributed by atoms with Crippen LogP contribution in [0.3, 0.4) is 0 Å². The van der Waals surface area contributed by atoms with Gasteiger partial charge in [-0.05, 0) is 13.8 Å². The number of methoxy groups -OCH3 is 1. The van der Waals surface area contributed by atoms with Crippen LogP contribution in [-0.4, -0.2) is 35.7 Å². The van der Waals surface area contributed by atoms with E-state index in [4.69, 9.17) is 9.15 Å². The number of aromatic nitrogens is 1. The van der Waals surface area contributed by atoms with Crippen molar-refractivity contribution in [1.29, 1.82) is 0 Å². The number of ether oxygens (including phenoxy) is 1. The van der Waals surface area contributed by atoms with Gasteiger partial charge >= 0.3 is 0 Å². The summed E-state index contributed by atoms with van der Waals surface area (Å²) < 4.78 is 10.1. The number of nitrogens with zero attached hydrogens (tertiary/aromatic N) is 1. The Morgan fingerprint density at radius 2 is 2.29 bits per heavy atom. The number of aliphatic hydroxyl groups is 1. The Morgan fingerprint density at radius 1 is 1.57 bits per heavy atom. The largest absolute Gasteiger partial charge is 0.437 e. The maximum absolute atomic E-state index is 9.37. The van der Waals surface area contributed by atoms with Gasteiger partial charge in [0.2, 0.25) is 0 Å². The van der Waals surface area contributed by atoms with Crippen molar-refractivity contribution in [2.75, 3.05) is 19.5 Å². The molecule has 0 bridgehead atoms. The van der Waals surface area contributed by atoms with Crippen LogP contribution in [0, 0.1) is 13.8 Å². The highest BCUT2D eigenvalue weighted by molar-refractivity contribution is 7.99. The molecule has 0 aliphatic rings. The maximum atomic E-state index is 9.37. The summed E-state index contributed by atoms with van der Waals surface area (Å²) in [7, 11) is 1.56. The second kappa shape index (κ2) is 5.38. The van der Waals surface area contributed by atoms with E-state index in [0.29, 0.717) is 17.6 Å². The molecular formula is C9H15NO3S. The SMILES string of the molecule is COCC(O)CSc1nc(C)c(C)o1. The highest BCUT2D eigenvalue weighted by Gasteiger charge is 2.09. The Hall–Kier alpha value is -0.520. The van der Waals surface area contributed by atoms with Gasteiger partial charge in [-0.25, -0.2) is 4.98 Å². The summed E-state index contributed by atoms with van der Waals surface area (Å²) >= 11 is 1.40. The van der Waals surface area contributed by atoms with Gasteiger partial charge in [0.05, 0.1) is 18.4 Å². The first-order valence-electron chi connectivity index (χ1n) is 4.37. The van der Waals surface area contributed by atoms with E-state index < -0.39 is 6.10 Å². The van der Waals surface area contributed by atoms with Crippen LogP contribution in [0.4, 0.5) is 0 Å². The highest BCUT2D eigenvalue weighted by atomic mass is 32.2. The van der Waals surface area contributed by atoms with Crippen molar-refractivity contribution < 1.29 is 14.3 Å². The molecule has 0 aliphatic carbocycles. The summed E-state index contributed by atoms with van der Waals surface area (Å²) in [5.74, 6) is 1.36. The Balaban J connectivity index is 2.38. The Labute approximate surface area is 87.7 Å². The summed E-state index contributed by atoms with van der Waals surface area (Å²) in [6, 6.07) is 0. The van der Waals surface area contributed by atoms with Crippen molar-refractivity contribution in [3.8, 4) is 0 Å². The molecule has 1 rings (SSSR count). The number of thioether (sulfide) groups is 1. The molecule has 1 aromatic rings. The Bertz CT molecular complexity index is 268. The number of aryl methyl sites for hydroxylation is 2. The topological polar surface area (TPSA) is 55.5 Å². The van der Waals surface area contributed by atoms with E-state index in [2.05, 4.69) is 4.98 Å². The zero-order valence-electron chi connectivity index (χ0n) is 8.61. The van der Waals surface area contributed by atoms with Gasteiger partial charge in [0.25, 0.3) is 5.22 Å². The van der Waals surface area contributed by atoms with E-state index >= 15 is 0 Å². The number of hydrogen-bond acceptors (Lipinski definition) is 5. The smallest absolute Gasteiger partial charge is 0.256 e. The summed E-state index contributed by atoms with van der Waals surface area (Å²) in [5.41, 5.74) is 0.897. The molecule has 0 fully saturated rings. The predicted molar refractivity (Wildman–Crippen MR) is 54.6 cm³/mol. The van der Waals surface area contributed by atoms with Crippen LogP contribution in [0.1, 0.15) is 11.5 Å². The summed E-state index contributed by atoms with van der Waals surface area (Å²) in [4.78, 5) is 4.19. The van der Waals surface area contributed by atoms with Crippen LogP contribution >= 0.6 is 11.8 Å². The van der Waals surface area contributed by atoms with Gasteiger partial charge < -0.3 is 14.3 Å². The third-order valence-corrected chi connectivity index (χ3v) is 2.74. The highest BCUT2D eigenvalue weighted by Crippen LogP contribution is 2.20. The average molecular weight is 217 g/mol. The molecule has 0 aromatic carbocycles. The van der Waals surface area contributed by atoms with Gasteiger partial charge in [0.15, 0.2) is 0 Å². The molecule has 1 aromatic heterocycles. The molecule has 5 heteroatoms. The van der Waals surface area contributed by atoms with Gasteiger partial charge in [0, 0.05) is 12.9 Å². The Kier molecular flexibility index (Phi) is 4.44. The molecule has 4 nitrogen and oxygen atoms in total. The lowest BCUT2D eigenvalue weighted by atomic mass is 10.4. The molecule has 0 saturated carbocycles. The first-order chi connectivity index (χ1) is 6.63. The molecule has 0 aliphatic heterocycles. The third-order valence-electron chi connectivity index (χ3n) is 1.77. The van der Waals surface area contributed by atoms with Crippen molar-refractivity contribution in [2.45, 2.75) is 25.2 Å². The van der Waals surface area contributed by atoms with Gasteiger partial charge in [-0.3, -0.25) is 0 Å². The molecule has 1 unspecified atom stereocenters. The van der Waals surface area contributed by atoms with E-state index in [0.717, 1.165) is 11.5 Å². The third kappa shape index (κ3) is 3.32. The standard InChI is InChI=1S/C9H15NO3S/c1-6-7(2)13-9(10-6)14-5-8(11)4-12-3/h8,11H,4-5H2,1-3H3. The number of aliphatic hydroxyl groups excluding tert-OH is 1. The van der Waals surface area contributed by atoms with Gasteiger partial charge in [-0.1, -0.05) is 11.8 Å². The number of hydrogen-bond donors (Lipinski definition) is 1. The molecule has 0 saturated heterocycles. The van der Waals surface area contributed by atoms with E-state index in [1.165, 1.54) is 11.8 Å². The van der Waals surface area contributed by atoms with E-state index in [1.54, 1.807) is 7.11 Å². The average Bonchev–Trinajstić information content (AvgIpc) is 2.44. The monoisotopic (exact) mass is 217 g/mol.